The molecule has 24 heavy (non-hydrogen) atoms. The van der Waals surface area contributed by atoms with E-state index >= 15 is 0 Å². The van der Waals surface area contributed by atoms with Gasteiger partial charge < -0.3 is 19.9 Å². The van der Waals surface area contributed by atoms with Crippen molar-refractivity contribution in [3.8, 4) is 0 Å². The number of aryl methyl sites for hydroxylation is 3. The quantitative estimate of drug-likeness (QED) is 0.820. The van der Waals surface area contributed by atoms with Crippen LogP contribution in [0.25, 0.3) is 0 Å². The van der Waals surface area contributed by atoms with Gasteiger partial charge in [-0.1, -0.05) is 6.07 Å². The second kappa shape index (κ2) is 8.49. The summed E-state index contributed by atoms with van der Waals surface area (Å²) in [6, 6.07) is 5.67. The largest absolute Gasteiger partial charge is 0.383 e. The third-order valence-electron chi connectivity index (χ3n) is 4.06. The van der Waals surface area contributed by atoms with Crippen LogP contribution in [-0.4, -0.2) is 35.8 Å². The SMILES string of the molecule is COCCn1c(C)cnc1CCNC(=O)Nc1ccc(C)c(C)c1. The number of anilines is 1. The van der Waals surface area contributed by atoms with Crippen LogP contribution in [0.2, 0.25) is 0 Å². The van der Waals surface area contributed by atoms with Crippen LogP contribution < -0.4 is 10.6 Å². The number of methoxy groups -OCH3 is 1. The van der Waals surface area contributed by atoms with Crippen molar-refractivity contribution in [1.29, 1.82) is 0 Å². The zero-order chi connectivity index (χ0) is 17.5. The van der Waals surface area contributed by atoms with Gasteiger partial charge in [0.05, 0.1) is 6.61 Å². The number of nitrogens with one attached hydrogen (secondary N) is 2. The van der Waals surface area contributed by atoms with Crippen LogP contribution in [0.4, 0.5) is 10.5 Å². The summed E-state index contributed by atoms with van der Waals surface area (Å²) >= 11 is 0. The molecule has 0 aliphatic carbocycles. The lowest BCUT2D eigenvalue weighted by atomic mass is 10.1. The molecule has 1 heterocycles. The van der Waals surface area contributed by atoms with Gasteiger partial charge in [0.15, 0.2) is 0 Å². The Balaban J connectivity index is 1.83. The molecule has 2 rings (SSSR count). The summed E-state index contributed by atoms with van der Waals surface area (Å²) in [7, 11) is 1.69. The highest BCUT2D eigenvalue weighted by Gasteiger charge is 2.08. The fourth-order valence-corrected chi connectivity index (χ4v) is 2.48. The maximum atomic E-state index is 12.0. The molecule has 2 amide bonds. The molecule has 2 N–H and O–H groups in total. The Bertz CT molecular complexity index is 694. The van der Waals surface area contributed by atoms with Crippen molar-refractivity contribution in [2.45, 2.75) is 33.7 Å². The summed E-state index contributed by atoms with van der Waals surface area (Å²) in [4.78, 5) is 16.4. The molecule has 6 heteroatoms. The second-order valence-electron chi connectivity index (χ2n) is 5.89. The van der Waals surface area contributed by atoms with Crippen molar-refractivity contribution in [2.75, 3.05) is 25.6 Å². The molecule has 0 bridgehead atoms. The molecule has 0 saturated heterocycles. The van der Waals surface area contributed by atoms with Crippen molar-refractivity contribution < 1.29 is 9.53 Å². The number of carbonyl (C=O) groups is 1. The maximum absolute atomic E-state index is 12.0. The minimum Gasteiger partial charge on any atom is -0.383 e. The Hall–Kier alpha value is -2.34. The highest BCUT2D eigenvalue weighted by atomic mass is 16.5. The standard InChI is InChI=1S/C18H26N4O2/c1-13-5-6-16(11-14(13)2)21-18(23)19-8-7-17-20-12-15(3)22(17)9-10-24-4/h5-6,11-12H,7-10H2,1-4H3,(H2,19,21,23). The van der Waals surface area contributed by atoms with E-state index in [-0.39, 0.29) is 6.03 Å². The number of hydrogen-bond donors (Lipinski definition) is 2. The lowest BCUT2D eigenvalue weighted by molar-refractivity contribution is 0.185. The van der Waals surface area contributed by atoms with Crippen LogP contribution in [0.5, 0.6) is 0 Å². The summed E-state index contributed by atoms with van der Waals surface area (Å²) in [5, 5.41) is 5.72. The molecule has 130 valence electrons. The summed E-state index contributed by atoms with van der Waals surface area (Å²) in [5.41, 5.74) is 4.26. The smallest absolute Gasteiger partial charge is 0.319 e. The van der Waals surface area contributed by atoms with Gasteiger partial charge >= 0.3 is 6.03 Å². The number of imidazole rings is 1. The number of amides is 2. The van der Waals surface area contributed by atoms with E-state index in [2.05, 4.69) is 20.2 Å². The van der Waals surface area contributed by atoms with Crippen molar-refractivity contribution in [2.24, 2.45) is 0 Å². The average Bonchev–Trinajstić information content (AvgIpc) is 2.89. The van der Waals surface area contributed by atoms with Crippen LogP contribution in [-0.2, 0) is 17.7 Å². The van der Waals surface area contributed by atoms with E-state index in [1.165, 1.54) is 5.56 Å². The molecule has 0 atom stereocenters. The van der Waals surface area contributed by atoms with Crippen LogP contribution in [0.1, 0.15) is 22.6 Å². The zero-order valence-electron chi connectivity index (χ0n) is 14.8. The first-order chi connectivity index (χ1) is 11.5. The van der Waals surface area contributed by atoms with Crippen molar-refractivity contribution in [1.82, 2.24) is 14.9 Å². The Morgan fingerprint density at radius 3 is 2.75 bits per heavy atom. The Morgan fingerprint density at radius 2 is 2.04 bits per heavy atom. The first-order valence-corrected chi connectivity index (χ1v) is 8.13. The molecular weight excluding hydrogens is 304 g/mol. The Labute approximate surface area is 143 Å². The van der Waals surface area contributed by atoms with Crippen molar-refractivity contribution in [3.63, 3.8) is 0 Å². The Morgan fingerprint density at radius 1 is 1.25 bits per heavy atom. The van der Waals surface area contributed by atoms with Gasteiger partial charge in [-0.2, -0.15) is 0 Å². The third-order valence-corrected chi connectivity index (χ3v) is 4.06. The maximum Gasteiger partial charge on any atom is 0.319 e. The summed E-state index contributed by atoms with van der Waals surface area (Å²) in [6.07, 6.45) is 2.53. The zero-order valence-corrected chi connectivity index (χ0v) is 14.8. The molecule has 2 aromatic rings. The highest BCUT2D eigenvalue weighted by Crippen LogP contribution is 2.13. The van der Waals surface area contributed by atoms with Gasteiger partial charge in [0, 0.05) is 44.2 Å². The molecule has 0 fully saturated rings. The third kappa shape index (κ3) is 4.83. The van der Waals surface area contributed by atoms with Gasteiger partial charge in [0.2, 0.25) is 0 Å². The monoisotopic (exact) mass is 330 g/mol. The van der Waals surface area contributed by atoms with Crippen molar-refractivity contribution in [3.05, 3.63) is 47.0 Å². The van der Waals surface area contributed by atoms with Gasteiger partial charge in [0.25, 0.3) is 0 Å². The lowest BCUT2D eigenvalue weighted by Gasteiger charge is -2.11. The molecule has 0 spiro atoms. The fourth-order valence-electron chi connectivity index (χ4n) is 2.48. The average molecular weight is 330 g/mol. The molecule has 0 saturated carbocycles. The Kier molecular flexibility index (Phi) is 6.37. The van der Waals surface area contributed by atoms with Crippen molar-refractivity contribution >= 4 is 11.7 Å². The first kappa shape index (κ1) is 18.0. The molecule has 0 radical (unpaired) electrons. The highest BCUT2D eigenvalue weighted by molar-refractivity contribution is 5.89. The number of ether oxygens (including phenoxy) is 1. The number of aromatic nitrogens is 2. The van der Waals surface area contributed by atoms with Crippen LogP contribution in [0, 0.1) is 20.8 Å². The molecule has 1 aromatic heterocycles. The van der Waals surface area contributed by atoms with Crippen LogP contribution in [0.15, 0.2) is 24.4 Å². The molecule has 0 aliphatic heterocycles. The molecule has 1 aromatic carbocycles. The predicted molar refractivity (Wildman–Crippen MR) is 95.5 cm³/mol. The topological polar surface area (TPSA) is 68.2 Å². The van der Waals surface area contributed by atoms with Crippen LogP contribution in [0.3, 0.4) is 0 Å². The normalized spacial score (nSPS) is 10.7. The molecule has 0 unspecified atom stereocenters. The van der Waals surface area contributed by atoms with E-state index in [0.717, 1.165) is 29.3 Å². The minimum absolute atomic E-state index is 0.204. The number of benzene rings is 1. The summed E-state index contributed by atoms with van der Waals surface area (Å²) < 4.78 is 7.24. The van der Waals surface area contributed by atoms with Gasteiger partial charge in [-0.05, 0) is 44.0 Å². The first-order valence-electron chi connectivity index (χ1n) is 8.13. The van der Waals surface area contributed by atoms with E-state index in [1.807, 2.05) is 45.2 Å². The predicted octanol–water partition coefficient (Wildman–Crippen LogP) is 2.82. The fraction of sp³-hybridized carbons (Fsp3) is 0.444. The number of carbonyl (C=O) groups excluding carboxylic acids is 1. The summed E-state index contributed by atoms with van der Waals surface area (Å²) in [5.74, 6) is 0.955. The van der Waals surface area contributed by atoms with E-state index < -0.39 is 0 Å². The lowest BCUT2D eigenvalue weighted by Crippen LogP contribution is -2.31. The minimum atomic E-state index is -0.204. The second-order valence-corrected chi connectivity index (χ2v) is 5.89. The van der Waals surface area contributed by atoms with E-state index in [0.29, 0.717) is 19.6 Å². The van der Waals surface area contributed by atoms with Crippen LogP contribution >= 0.6 is 0 Å². The number of urea groups is 1. The molecule has 0 aliphatic rings. The van der Waals surface area contributed by atoms with Gasteiger partial charge in [-0.3, -0.25) is 0 Å². The van der Waals surface area contributed by atoms with Gasteiger partial charge in [-0.25, -0.2) is 9.78 Å². The van der Waals surface area contributed by atoms with E-state index in [4.69, 9.17) is 4.74 Å². The number of nitrogens with zero attached hydrogens (tertiary/aromatic N) is 2. The molecule has 6 nitrogen and oxygen atoms in total. The van der Waals surface area contributed by atoms with E-state index in [9.17, 15) is 4.79 Å². The number of rotatable bonds is 7. The number of hydrogen-bond acceptors (Lipinski definition) is 3. The van der Waals surface area contributed by atoms with Gasteiger partial charge in [-0.15, -0.1) is 0 Å². The summed E-state index contributed by atoms with van der Waals surface area (Å²) in [6.45, 7) is 8.04. The van der Waals surface area contributed by atoms with E-state index in [1.54, 1.807) is 7.11 Å². The van der Waals surface area contributed by atoms with Gasteiger partial charge in [0.1, 0.15) is 5.82 Å². The molecular formula is C18H26N4O2.